The van der Waals surface area contributed by atoms with Crippen molar-refractivity contribution in [2.45, 2.75) is 19.3 Å². The number of halogens is 1. The van der Waals surface area contributed by atoms with Crippen LogP contribution in [0.15, 0.2) is 18.2 Å². The molecule has 0 aliphatic rings. The van der Waals surface area contributed by atoms with Crippen molar-refractivity contribution in [2.75, 3.05) is 0 Å². The SMILES string of the molecule is C[C@H](CC#N)c1cc(C#N)ccc1F. The van der Waals surface area contributed by atoms with Crippen LogP contribution < -0.4 is 0 Å². The highest BCUT2D eigenvalue weighted by molar-refractivity contribution is 5.35. The van der Waals surface area contributed by atoms with Crippen molar-refractivity contribution in [2.24, 2.45) is 0 Å². The lowest BCUT2D eigenvalue weighted by Gasteiger charge is -2.08. The Balaban J connectivity index is 3.08. The van der Waals surface area contributed by atoms with E-state index in [1.807, 2.05) is 12.1 Å². The molecular weight excluding hydrogens is 179 g/mol. The first-order valence-electron chi connectivity index (χ1n) is 4.25. The molecule has 0 N–H and O–H groups in total. The van der Waals surface area contributed by atoms with Gasteiger partial charge in [0.15, 0.2) is 0 Å². The molecule has 0 spiro atoms. The van der Waals surface area contributed by atoms with Crippen molar-refractivity contribution in [3.63, 3.8) is 0 Å². The van der Waals surface area contributed by atoms with Gasteiger partial charge < -0.3 is 0 Å². The monoisotopic (exact) mass is 188 g/mol. The zero-order chi connectivity index (χ0) is 10.6. The van der Waals surface area contributed by atoms with Gasteiger partial charge in [0, 0.05) is 6.42 Å². The van der Waals surface area contributed by atoms with Crippen LogP contribution in [0.4, 0.5) is 4.39 Å². The predicted molar refractivity (Wildman–Crippen MR) is 49.8 cm³/mol. The molecule has 0 radical (unpaired) electrons. The van der Waals surface area contributed by atoms with Crippen molar-refractivity contribution < 1.29 is 4.39 Å². The van der Waals surface area contributed by atoms with Crippen molar-refractivity contribution in [1.29, 1.82) is 10.5 Å². The second kappa shape index (κ2) is 4.39. The van der Waals surface area contributed by atoms with Gasteiger partial charge in [0.2, 0.25) is 0 Å². The number of hydrogen-bond acceptors (Lipinski definition) is 2. The lowest BCUT2D eigenvalue weighted by Crippen LogP contribution is -1.97. The molecule has 1 aromatic carbocycles. The van der Waals surface area contributed by atoms with Gasteiger partial charge >= 0.3 is 0 Å². The number of benzene rings is 1. The molecule has 0 aliphatic heterocycles. The Kier molecular flexibility index (Phi) is 3.20. The second-order valence-corrected chi connectivity index (χ2v) is 3.11. The molecule has 0 amide bonds. The predicted octanol–water partition coefficient (Wildman–Crippen LogP) is 2.71. The van der Waals surface area contributed by atoms with E-state index in [1.54, 1.807) is 6.92 Å². The molecule has 0 unspecified atom stereocenters. The summed E-state index contributed by atoms with van der Waals surface area (Å²) in [6, 6.07) is 8.11. The minimum atomic E-state index is -0.355. The average molecular weight is 188 g/mol. The van der Waals surface area contributed by atoms with Gasteiger partial charge in [-0.1, -0.05) is 6.92 Å². The summed E-state index contributed by atoms with van der Waals surface area (Å²) in [6.07, 6.45) is 0.256. The Labute approximate surface area is 82.2 Å². The van der Waals surface area contributed by atoms with Gasteiger partial charge in [-0.25, -0.2) is 4.39 Å². The maximum Gasteiger partial charge on any atom is 0.126 e. The fourth-order valence-corrected chi connectivity index (χ4v) is 1.24. The van der Waals surface area contributed by atoms with Gasteiger partial charge in [-0.05, 0) is 29.7 Å². The van der Waals surface area contributed by atoms with Gasteiger partial charge in [0.1, 0.15) is 5.82 Å². The molecule has 1 aromatic rings. The molecule has 70 valence electrons. The van der Waals surface area contributed by atoms with Gasteiger partial charge in [-0.3, -0.25) is 0 Å². The molecule has 14 heavy (non-hydrogen) atoms. The highest BCUT2D eigenvalue weighted by Crippen LogP contribution is 2.22. The van der Waals surface area contributed by atoms with Crippen LogP contribution in [0.2, 0.25) is 0 Å². The van der Waals surface area contributed by atoms with Crippen LogP contribution >= 0.6 is 0 Å². The summed E-state index contributed by atoms with van der Waals surface area (Å²) in [5, 5.41) is 17.1. The third-order valence-corrected chi connectivity index (χ3v) is 2.05. The highest BCUT2D eigenvalue weighted by Gasteiger charge is 2.11. The summed E-state index contributed by atoms with van der Waals surface area (Å²) in [5.74, 6) is -0.528. The lowest BCUT2D eigenvalue weighted by molar-refractivity contribution is 0.591. The fraction of sp³-hybridized carbons (Fsp3) is 0.273. The standard InChI is InChI=1S/C11H9FN2/c1-8(4-5-13)10-6-9(7-14)2-3-11(10)12/h2-3,6,8H,4H2,1H3/t8-/m1/s1. The molecule has 0 heterocycles. The maximum absolute atomic E-state index is 13.3. The Morgan fingerprint density at radius 3 is 2.71 bits per heavy atom. The fourth-order valence-electron chi connectivity index (χ4n) is 1.24. The Morgan fingerprint density at radius 2 is 2.14 bits per heavy atom. The minimum absolute atomic E-state index is 0.173. The zero-order valence-electron chi connectivity index (χ0n) is 7.79. The number of rotatable bonds is 2. The summed E-state index contributed by atoms with van der Waals surface area (Å²) in [7, 11) is 0. The van der Waals surface area contributed by atoms with Crippen LogP contribution in [-0.2, 0) is 0 Å². The van der Waals surface area contributed by atoms with Crippen LogP contribution in [0.3, 0.4) is 0 Å². The Bertz CT molecular complexity index is 412. The van der Waals surface area contributed by atoms with Gasteiger partial charge in [0.05, 0.1) is 17.7 Å². The summed E-state index contributed by atoms with van der Waals surface area (Å²) >= 11 is 0. The van der Waals surface area contributed by atoms with Crippen LogP contribution in [-0.4, -0.2) is 0 Å². The normalized spacial score (nSPS) is 11.4. The van der Waals surface area contributed by atoms with Crippen molar-refractivity contribution in [1.82, 2.24) is 0 Å². The summed E-state index contributed by atoms with van der Waals surface area (Å²) in [6.45, 7) is 1.77. The molecule has 3 heteroatoms. The molecule has 0 saturated heterocycles. The van der Waals surface area contributed by atoms with E-state index < -0.39 is 0 Å². The molecule has 2 nitrogen and oxygen atoms in total. The van der Waals surface area contributed by atoms with E-state index in [0.717, 1.165) is 0 Å². The van der Waals surface area contributed by atoms with Crippen LogP contribution in [0.1, 0.15) is 30.4 Å². The topological polar surface area (TPSA) is 47.6 Å². The molecular formula is C11H9FN2. The molecule has 0 aromatic heterocycles. The lowest BCUT2D eigenvalue weighted by atomic mass is 9.96. The van der Waals surface area contributed by atoms with Gasteiger partial charge in [0.25, 0.3) is 0 Å². The maximum atomic E-state index is 13.3. The quantitative estimate of drug-likeness (QED) is 0.716. The van der Waals surface area contributed by atoms with Crippen molar-refractivity contribution >= 4 is 0 Å². The van der Waals surface area contributed by atoms with Crippen LogP contribution in [0.5, 0.6) is 0 Å². The number of nitrogens with zero attached hydrogens (tertiary/aromatic N) is 2. The van der Waals surface area contributed by atoms with E-state index in [-0.39, 0.29) is 18.2 Å². The van der Waals surface area contributed by atoms with Gasteiger partial charge in [-0.2, -0.15) is 10.5 Å². The first-order valence-corrected chi connectivity index (χ1v) is 4.25. The molecule has 1 atom stereocenters. The second-order valence-electron chi connectivity index (χ2n) is 3.11. The minimum Gasteiger partial charge on any atom is -0.207 e. The van der Waals surface area contributed by atoms with Crippen molar-refractivity contribution in [3.05, 3.63) is 35.1 Å². The largest absolute Gasteiger partial charge is 0.207 e. The van der Waals surface area contributed by atoms with E-state index in [9.17, 15) is 4.39 Å². The first-order chi connectivity index (χ1) is 6.69. The van der Waals surface area contributed by atoms with Crippen LogP contribution in [0.25, 0.3) is 0 Å². The summed E-state index contributed by atoms with van der Waals surface area (Å²) < 4.78 is 13.3. The average Bonchev–Trinajstić information content (AvgIpc) is 2.19. The third-order valence-electron chi connectivity index (χ3n) is 2.05. The first kappa shape index (κ1) is 10.2. The molecule has 0 saturated carbocycles. The highest BCUT2D eigenvalue weighted by atomic mass is 19.1. The van der Waals surface area contributed by atoms with Crippen LogP contribution in [0, 0.1) is 28.5 Å². The Hall–Kier alpha value is -1.87. The number of hydrogen-bond donors (Lipinski definition) is 0. The summed E-state index contributed by atoms with van der Waals surface area (Å²) in [5.41, 5.74) is 0.858. The molecule has 1 rings (SSSR count). The molecule has 0 bridgehead atoms. The Morgan fingerprint density at radius 1 is 1.43 bits per heavy atom. The van der Waals surface area contributed by atoms with E-state index in [2.05, 4.69) is 0 Å². The summed E-state index contributed by atoms with van der Waals surface area (Å²) in [4.78, 5) is 0. The third kappa shape index (κ3) is 2.08. The zero-order valence-corrected chi connectivity index (χ0v) is 7.79. The number of nitriles is 2. The van der Waals surface area contributed by atoms with E-state index in [4.69, 9.17) is 10.5 Å². The van der Waals surface area contributed by atoms with Gasteiger partial charge in [-0.15, -0.1) is 0 Å². The van der Waals surface area contributed by atoms with E-state index in [1.165, 1.54) is 18.2 Å². The van der Waals surface area contributed by atoms with Crippen molar-refractivity contribution in [3.8, 4) is 12.1 Å². The molecule has 0 fully saturated rings. The van der Waals surface area contributed by atoms with E-state index >= 15 is 0 Å². The molecule has 0 aliphatic carbocycles. The smallest absolute Gasteiger partial charge is 0.126 e. The van der Waals surface area contributed by atoms with E-state index in [0.29, 0.717) is 11.1 Å².